The van der Waals surface area contributed by atoms with Crippen LogP contribution in [-0.2, 0) is 51.2 Å². The van der Waals surface area contributed by atoms with Gasteiger partial charge in [0.25, 0.3) is 0 Å². The predicted molar refractivity (Wildman–Crippen MR) is 249 cm³/mol. The van der Waals surface area contributed by atoms with Gasteiger partial charge >= 0.3 is 5.97 Å². The number of rotatable bonds is 18. The first-order valence-corrected chi connectivity index (χ1v) is 23.2. The Morgan fingerprint density at radius 3 is 2.02 bits per heavy atom. The number of aromatic nitrogens is 2. The Balaban J connectivity index is 2.04. The molecular weight excluding hydrogens is 899 g/mol. The average molecular weight is 960 g/mol. The minimum Gasteiger partial charge on any atom is -0.480 e. The van der Waals surface area contributed by atoms with Crippen LogP contribution in [0.2, 0.25) is 0 Å². The van der Waals surface area contributed by atoms with E-state index in [4.69, 9.17) is 22.9 Å². The molecule has 1 saturated heterocycles. The van der Waals surface area contributed by atoms with E-state index in [2.05, 4.69) is 57.2 Å². The smallest absolute Gasteiger partial charge is 0.327 e. The van der Waals surface area contributed by atoms with Crippen LogP contribution in [-0.4, -0.2) is 140 Å². The molecule has 24 nitrogen and oxygen atoms in total. The Hall–Kier alpha value is -6.57. The van der Waals surface area contributed by atoms with Gasteiger partial charge in [-0.25, -0.2) is 9.78 Å². The molecule has 1 fully saturated rings. The molecule has 17 N–H and O–H groups in total. The standard InChI is InChI=1S/C40H61N15O9S2/c1-21(49-32(58)25(50-22(2)56)12-8-14-46-38(41)42)31(57)54-29-19-65-66-40(3,4)30(37(63)64)55-35(61)28(17-24-18-45-20-48-24)53-34(60)27(16-23-10-6-5-7-11-23)52-33(59)26(51-36(29)62)13-9-15-47-39(43)44/h5-7,10-11,18,20-21,25-30H,8-9,12-17,19H2,1-4H3,(H,45,48)(H,49,58)(H,50,56)(H,51,62)(H,52,59)(H,53,60)(H,54,57)(H,55,61)(H,63,64)(H4,41,42,46)(H4,43,44,47)/t21-,25-,26-,27-,28-,29+,30+/m0/s1. The summed E-state index contributed by atoms with van der Waals surface area (Å²) in [5.41, 5.74) is 22.9. The first-order chi connectivity index (χ1) is 31.2. The summed E-state index contributed by atoms with van der Waals surface area (Å²) >= 11 is 0. The third kappa shape index (κ3) is 18.5. The van der Waals surface area contributed by atoms with Crippen molar-refractivity contribution in [3.05, 3.63) is 54.1 Å². The van der Waals surface area contributed by atoms with Crippen molar-refractivity contribution in [3.8, 4) is 0 Å². The number of carboxylic acid groups (broad SMARTS) is 1. The molecule has 66 heavy (non-hydrogen) atoms. The van der Waals surface area contributed by atoms with Crippen LogP contribution in [0.1, 0.15) is 64.6 Å². The van der Waals surface area contributed by atoms with Crippen molar-refractivity contribution in [2.75, 3.05) is 18.8 Å². The highest BCUT2D eigenvalue weighted by molar-refractivity contribution is 8.77. The van der Waals surface area contributed by atoms with Gasteiger partial charge < -0.3 is 70.2 Å². The van der Waals surface area contributed by atoms with E-state index < -0.39 is 94.4 Å². The van der Waals surface area contributed by atoms with E-state index in [0.29, 0.717) is 17.7 Å². The maximum Gasteiger partial charge on any atom is 0.327 e. The van der Waals surface area contributed by atoms with Crippen molar-refractivity contribution >= 4 is 80.8 Å². The van der Waals surface area contributed by atoms with Crippen LogP contribution in [0.3, 0.4) is 0 Å². The van der Waals surface area contributed by atoms with E-state index in [1.807, 2.05) is 0 Å². The number of benzene rings is 1. The summed E-state index contributed by atoms with van der Waals surface area (Å²) in [5.74, 6) is -7.29. The highest BCUT2D eigenvalue weighted by atomic mass is 33.1. The molecule has 26 heteroatoms. The maximum absolute atomic E-state index is 14.3. The van der Waals surface area contributed by atoms with Crippen molar-refractivity contribution < 1.29 is 43.5 Å². The van der Waals surface area contributed by atoms with Crippen molar-refractivity contribution in [1.29, 1.82) is 0 Å². The quantitative estimate of drug-likeness (QED) is 0.0306. The average Bonchev–Trinajstić information content (AvgIpc) is 3.76. The second-order valence-corrected chi connectivity index (χ2v) is 18.8. The monoisotopic (exact) mass is 959 g/mol. The molecule has 0 spiro atoms. The minimum atomic E-state index is -1.55. The van der Waals surface area contributed by atoms with Gasteiger partial charge in [0.15, 0.2) is 11.9 Å². The third-order valence-electron chi connectivity index (χ3n) is 9.87. The van der Waals surface area contributed by atoms with Crippen LogP contribution in [0, 0.1) is 0 Å². The lowest BCUT2D eigenvalue weighted by Gasteiger charge is -2.32. The summed E-state index contributed by atoms with van der Waals surface area (Å²) in [6.45, 7) is 5.93. The first-order valence-electron chi connectivity index (χ1n) is 20.9. The van der Waals surface area contributed by atoms with E-state index in [-0.39, 0.29) is 62.9 Å². The fourth-order valence-corrected chi connectivity index (χ4v) is 9.24. The number of nitrogens with one attached hydrogen (secondary N) is 8. The zero-order valence-corrected chi connectivity index (χ0v) is 38.8. The van der Waals surface area contributed by atoms with Gasteiger partial charge in [0.2, 0.25) is 41.4 Å². The number of H-pyrrole nitrogens is 1. The third-order valence-corrected chi connectivity index (χ3v) is 13.2. The van der Waals surface area contributed by atoms with Crippen LogP contribution in [0.5, 0.6) is 0 Å². The molecule has 3 rings (SSSR count). The van der Waals surface area contributed by atoms with Crippen LogP contribution in [0.25, 0.3) is 0 Å². The van der Waals surface area contributed by atoms with E-state index in [1.54, 1.807) is 44.2 Å². The Morgan fingerprint density at radius 1 is 0.833 bits per heavy atom. The Kier molecular flexibility index (Phi) is 21.5. The van der Waals surface area contributed by atoms with E-state index >= 15 is 0 Å². The zero-order chi connectivity index (χ0) is 49.0. The summed E-state index contributed by atoms with van der Waals surface area (Å²) in [7, 11) is 1.99. The molecule has 1 aliphatic rings. The van der Waals surface area contributed by atoms with Gasteiger partial charge in [0.05, 0.1) is 11.1 Å². The molecule has 0 unspecified atom stereocenters. The van der Waals surface area contributed by atoms with Gasteiger partial charge in [-0.05, 0) is 52.0 Å². The molecule has 2 heterocycles. The number of imidazole rings is 1. The van der Waals surface area contributed by atoms with Gasteiger partial charge in [-0.15, -0.1) is 0 Å². The van der Waals surface area contributed by atoms with Gasteiger partial charge in [0, 0.05) is 50.5 Å². The summed E-state index contributed by atoms with van der Waals surface area (Å²) in [4.78, 5) is 123. The number of hydrogen-bond donors (Lipinski definition) is 13. The maximum atomic E-state index is 14.3. The largest absolute Gasteiger partial charge is 0.480 e. The molecule has 0 bridgehead atoms. The second kappa shape index (κ2) is 26.4. The number of nitrogens with zero attached hydrogens (tertiary/aromatic N) is 3. The number of carboxylic acids is 1. The highest BCUT2D eigenvalue weighted by Gasteiger charge is 2.41. The molecular formula is C40H61N15O9S2. The Labute approximate surface area is 389 Å². The molecule has 1 aromatic carbocycles. The number of aliphatic imine (C=N–C) groups is 2. The van der Waals surface area contributed by atoms with Gasteiger partial charge in [-0.1, -0.05) is 51.9 Å². The molecule has 0 aliphatic carbocycles. The van der Waals surface area contributed by atoms with Crippen LogP contribution >= 0.6 is 21.6 Å². The van der Waals surface area contributed by atoms with Gasteiger partial charge in [-0.2, -0.15) is 0 Å². The van der Waals surface area contributed by atoms with Crippen molar-refractivity contribution in [1.82, 2.24) is 47.2 Å². The molecule has 7 amide bonds. The predicted octanol–water partition coefficient (Wildman–Crippen LogP) is -3.01. The summed E-state index contributed by atoms with van der Waals surface area (Å²) < 4.78 is -1.30. The van der Waals surface area contributed by atoms with Crippen molar-refractivity contribution in [2.45, 2.75) is 113 Å². The number of carbonyl (C=O) groups excluding carboxylic acids is 7. The molecule has 2 aromatic rings. The molecule has 0 radical (unpaired) electrons. The molecule has 7 atom stereocenters. The summed E-state index contributed by atoms with van der Waals surface area (Å²) in [6, 6.07) is -0.643. The number of hydrogen-bond acceptors (Lipinski definition) is 13. The van der Waals surface area contributed by atoms with E-state index in [9.17, 15) is 43.5 Å². The topological polar surface area (TPSA) is 398 Å². The number of nitrogens with two attached hydrogens (primary N) is 4. The molecule has 1 aliphatic heterocycles. The number of guanidine groups is 2. The normalized spacial score (nSPS) is 21.4. The van der Waals surface area contributed by atoms with E-state index in [1.165, 1.54) is 26.4 Å². The SMILES string of the molecule is CC(=O)N[C@@H](CCCN=C(N)N)C(=O)N[C@@H](C)C(=O)N[C@@H]1CSSC(C)(C)[C@@H](C(=O)O)NC(=O)[C@H](Cc2cnc[nH]2)NC(=O)[C@H](Cc2ccccc2)NC(=O)[C@H](CCCN=C(N)N)NC1=O. The lowest BCUT2D eigenvalue weighted by atomic mass is 10.0. The lowest BCUT2D eigenvalue weighted by molar-refractivity contribution is -0.143. The first kappa shape index (κ1) is 53.8. The van der Waals surface area contributed by atoms with Crippen LogP contribution in [0.15, 0.2) is 52.8 Å². The number of amides is 7. The Bertz CT molecular complexity index is 2050. The number of aliphatic carboxylic acids is 1. The lowest BCUT2D eigenvalue weighted by Crippen LogP contribution is -2.61. The molecule has 362 valence electrons. The minimum absolute atomic E-state index is 0.0467. The number of carbonyl (C=O) groups is 8. The number of aromatic amines is 1. The zero-order valence-electron chi connectivity index (χ0n) is 37.1. The van der Waals surface area contributed by atoms with Crippen LogP contribution < -0.4 is 60.2 Å². The second-order valence-electron chi connectivity index (χ2n) is 15.8. The molecule has 0 saturated carbocycles. The highest BCUT2D eigenvalue weighted by Crippen LogP contribution is 2.39. The molecule has 1 aromatic heterocycles. The fourth-order valence-electron chi connectivity index (χ4n) is 6.43. The summed E-state index contributed by atoms with van der Waals surface area (Å²) in [5, 5.41) is 28.7. The summed E-state index contributed by atoms with van der Waals surface area (Å²) in [6.07, 6.45) is 3.18. The van der Waals surface area contributed by atoms with Crippen molar-refractivity contribution in [2.24, 2.45) is 32.9 Å². The Morgan fingerprint density at radius 2 is 1.42 bits per heavy atom. The fraction of sp³-hybridized carbons (Fsp3) is 0.525. The van der Waals surface area contributed by atoms with Gasteiger partial charge in [-0.3, -0.25) is 43.5 Å². The van der Waals surface area contributed by atoms with Gasteiger partial charge in [0.1, 0.15) is 42.3 Å². The van der Waals surface area contributed by atoms with Crippen molar-refractivity contribution in [3.63, 3.8) is 0 Å². The van der Waals surface area contributed by atoms with Crippen LogP contribution in [0.4, 0.5) is 0 Å². The van der Waals surface area contributed by atoms with E-state index in [0.717, 1.165) is 21.6 Å².